The molecule has 1 aromatic carbocycles. The molecule has 0 heterocycles. The minimum atomic E-state index is 1.23. The Morgan fingerprint density at radius 3 is 2.50 bits per heavy atom. The molecule has 2 radical (unpaired) electrons. The normalized spacial score (nSPS) is 9.25. The maximum absolute atomic E-state index is 2.22. The first-order valence-electron chi connectivity index (χ1n) is 2.61. The van der Waals surface area contributed by atoms with Crippen LogP contribution in [0.5, 0.6) is 0 Å². The van der Waals surface area contributed by atoms with E-state index in [2.05, 4.69) is 31.2 Å². The van der Waals surface area contributed by atoms with Crippen LogP contribution in [0.15, 0.2) is 24.3 Å². The fourth-order valence-corrected chi connectivity index (χ4v) is 1.74. The first-order chi connectivity index (χ1) is 3.79. The Morgan fingerprint density at radius 1 is 1.38 bits per heavy atom. The van der Waals surface area contributed by atoms with Crippen LogP contribution in [0, 0.1) is 6.92 Å². The van der Waals surface area contributed by atoms with Gasteiger partial charge >= 0.3 is 62.9 Å². The van der Waals surface area contributed by atoms with Gasteiger partial charge in [0.25, 0.3) is 0 Å². The summed E-state index contributed by atoms with van der Waals surface area (Å²) in [4.78, 5) is 0. The fraction of sp³-hybridized carbons (Fsp3) is 0.143. The molecular formula is C7H8Sn. The molecule has 0 atom stereocenters. The van der Waals surface area contributed by atoms with Crippen LogP contribution in [0.3, 0.4) is 0 Å². The van der Waals surface area contributed by atoms with E-state index in [0.29, 0.717) is 0 Å². The topological polar surface area (TPSA) is 0 Å². The molecule has 1 heteroatoms. The van der Waals surface area contributed by atoms with E-state index in [4.69, 9.17) is 0 Å². The second-order valence-corrected chi connectivity index (χ2v) is 3.82. The number of benzene rings is 1. The Balaban J connectivity index is 3.08. The molecule has 0 fully saturated rings. The summed E-state index contributed by atoms with van der Waals surface area (Å²) < 4.78 is 1.47. The van der Waals surface area contributed by atoms with Crippen molar-refractivity contribution in [1.82, 2.24) is 0 Å². The average Bonchev–Trinajstić information content (AvgIpc) is 1.64. The molecular weight excluding hydrogens is 203 g/mol. The molecule has 1 rings (SSSR count). The Hall–Kier alpha value is 0.0187. The van der Waals surface area contributed by atoms with Crippen LogP contribution < -0.4 is 3.58 Å². The van der Waals surface area contributed by atoms with Gasteiger partial charge in [-0.15, -0.1) is 0 Å². The van der Waals surface area contributed by atoms with Gasteiger partial charge in [-0.05, 0) is 0 Å². The molecule has 0 bridgehead atoms. The number of hydrogen-bond acceptors (Lipinski definition) is 0. The first-order valence-corrected chi connectivity index (χ1v) is 4.26. The van der Waals surface area contributed by atoms with Crippen molar-refractivity contribution >= 4 is 26.1 Å². The third-order valence-corrected chi connectivity index (χ3v) is 2.07. The monoisotopic (exact) mass is 212 g/mol. The van der Waals surface area contributed by atoms with E-state index in [1.165, 1.54) is 31.7 Å². The molecule has 0 saturated carbocycles. The molecule has 0 spiro atoms. The van der Waals surface area contributed by atoms with Crippen LogP contribution in [0.1, 0.15) is 5.56 Å². The fourth-order valence-electron chi connectivity index (χ4n) is 0.670. The molecule has 0 saturated heterocycles. The Kier molecular flexibility index (Phi) is 1.95. The van der Waals surface area contributed by atoms with Gasteiger partial charge in [-0.3, -0.25) is 0 Å². The number of hydrogen-bond donors (Lipinski definition) is 0. The summed E-state index contributed by atoms with van der Waals surface area (Å²) in [6.07, 6.45) is 0. The van der Waals surface area contributed by atoms with E-state index in [1.807, 2.05) is 0 Å². The third kappa shape index (κ3) is 1.51. The van der Waals surface area contributed by atoms with Crippen LogP contribution in [0.25, 0.3) is 0 Å². The number of aryl methyl sites for hydroxylation is 1. The van der Waals surface area contributed by atoms with E-state index < -0.39 is 0 Å². The predicted octanol–water partition coefficient (Wildman–Crippen LogP) is 0.521. The summed E-state index contributed by atoms with van der Waals surface area (Å²) in [7, 11) is 0. The van der Waals surface area contributed by atoms with Crippen molar-refractivity contribution in [1.29, 1.82) is 0 Å². The SMILES string of the molecule is Cc1ccc[c]([SnH])c1. The summed E-state index contributed by atoms with van der Waals surface area (Å²) in [6.45, 7) is 2.12. The van der Waals surface area contributed by atoms with Crippen molar-refractivity contribution in [3.63, 3.8) is 0 Å². The molecule has 0 amide bonds. The summed E-state index contributed by atoms with van der Waals surface area (Å²) >= 11 is 1.23. The van der Waals surface area contributed by atoms with Gasteiger partial charge in [-0.25, -0.2) is 0 Å². The van der Waals surface area contributed by atoms with Crippen molar-refractivity contribution < 1.29 is 0 Å². The molecule has 0 aliphatic heterocycles. The minimum absolute atomic E-state index is 1.23. The third-order valence-electron chi connectivity index (χ3n) is 1.04. The van der Waals surface area contributed by atoms with Crippen LogP contribution in [0.4, 0.5) is 0 Å². The molecule has 0 N–H and O–H groups in total. The standard InChI is InChI=1S/C7H7.Sn.H/c1-7-5-3-2-4-6-7;;/h2-3,5-6H,1H3;;. The van der Waals surface area contributed by atoms with Gasteiger partial charge in [0.2, 0.25) is 0 Å². The van der Waals surface area contributed by atoms with Crippen molar-refractivity contribution in [2.45, 2.75) is 6.92 Å². The Labute approximate surface area is 63.0 Å². The average molecular weight is 211 g/mol. The van der Waals surface area contributed by atoms with Gasteiger partial charge in [0.15, 0.2) is 0 Å². The zero-order valence-corrected chi connectivity index (χ0v) is 8.18. The van der Waals surface area contributed by atoms with Crippen molar-refractivity contribution in [3.8, 4) is 0 Å². The molecule has 0 aliphatic rings. The molecule has 40 valence electrons. The van der Waals surface area contributed by atoms with Gasteiger partial charge in [0.1, 0.15) is 0 Å². The Morgan fingerprint density at radius 2 is 2.12 bits per heavy atom. The van der Waals surface area contributed by atoms with Gasteiger partial charge < -0.3 is 0 Å². The second kappa shape index (κ2) is 2.53. The van der Waals surface area contributed by atoms with Crippen molar-refractivity contribution in [2.24, 2.45) is 0 Å². The zero-order chi connectivity index (χ0) is 5.98. The van der Waals surface area contributed by atoms with Gasteiger partial charge in [-0.2, -0.15) is 0 Å². The molecule has 0 unspecified atom stereocenters. The molecule has 8 heavy (non-hydrogen) atoms. The van der Waals surface area contributed by atoms with Crippen molar-refractivity contribution in [3.05, 3.63) is 29.8 Å². The predicted molar refractivity (Wildman–Crippen MR) is 38.0 cm³/mol. The Bertz CT molecular complexity index is 164. The molecule has 0 aromatic heterocycles. The van der Waals surface area contributed by atoms with Crippen LogP contribution in [0.2, 0.25) is 0 Å². The van der Waals surface area contributed by atoms with E-state index >= 15 is 0 Å². The molecule has 0 nitrogen and oxygen atoms in total. The zero-order valence-electron chi connectivity index (χ0n) is 4.89. The van der Waals surface area contributed by atoms with E-state index in [9.17, 15) is 0 Å². The quantitative estimate of drug-likeness (QED) is 0.548. The second-order valence-electron chi connectivity index (χ2n) is 1.91. The van der Waals surface area contributed by atoms with Crippen molar-refractivity contribution in [2.75, 3.05) is 0 Å². The van der Waals surface area contributed by atoms with E-state index in [1.54, 1.807) is 0 Å². The first kappa shape index (κ1) is 6.14. The summed E-state index contributed by atoms with van der Waals surface area (Å²) in [5.41, 5.74) is 1.37. The molecule has 1 aromatic rings. The van der Waals surface area contributed by atoms with Gasteiger partial charge in [0, 0.05) is 0 Å². The van der Waals surface area contributed by atoms with Gasteiger partial charge in [0.05, 0.1) is 0 Å². The van der Waals surface area contributed by atoms with Crippen LogP contribution in [-0.2, 0) is 0 Å². The summed E-state index contributed by atoms with van der Waals surface area (Å²) in [5.74, 6) is 0. The summed E-state index contributed by atoms with van der Waals surface area (Å²) in [6, 6.07) is 8.62. The van der Waals surface area contributed by atoms with E-state index in [0.717, 1.165) is 0 Å². The van der Waals surface area contributed by atoms with Gasteiger partial charge in [-0.1, -0.05) is 0 Å². The van der Waals surface area contributed by atoms with E-state index in [-0.39, 0.29) is 0 Å². The summed E-state index contributed by atoms with van der Waals surface area (Å²) in [5, 5.41) is 0. The van der Waals surface area contributed by atoms with Crippen LogP contribution >= 0.6 is 0 Å². The molecule has 0 aliphatic carbocycles. The maximum atomic E-state index is 2.22. The number of rotatable bonds is 0. The van der Waals surface area contributed by atoms with Crippen LogP contribution in [-0.4, -0.2) is 22.5 Å².